The Labute approximate surface area is 124 Å². The third-order valence-electron chi connectivity index (χ3n) is 3.42. The number of hydrogen-bond donors (Lipinski definition) is 2. The molecule has 2 rings (SSSR count). The van der Waals surface area contributed by atoms with E-state index in [1.807, 2.05) is 0 Å². The van der Waals surface area contributed by atoms with Gasteiger partial charge in [0.15, 0.2) is 6.10 Å². The topological polar surface area (TPSA) is 77.0 Å². The molecule has 1 saturated heterocycles. The SMILES string of the molecule is COc1ccc(OC(C)C(=O)NCC2(O)CCOC2)cc1. The second-order valence-electron chi connectivity index (χ2n) is 5.18. The molecule has 1 aliphatic heterocycles. The molecule has 1 amide bonds. The smallest absolute Gasteiger partial charge is 0.260 e. The predicted molar refractivity (Wildman–Crippen MR) is 76.5 cm³/mol. The van der Waals surface area contributed by atoms with E-state index in [2.05, 4.69) is 5.32 Å². The summed E-state index contributed by atoms with van der Waals surface area (Å²) >= 11 is 0. The molecule has 6 heteroatoms. The van der Waals surface area contributed by atoms with Crippen molar-refractivity contribution < 1.29 is 24.1 Å². The molecular weight excluding hydrogens is 274 g/mol. The molecule has 2 atom stereocenters. The van der Waals surface area contributed by atoms with Crippen LogP contribution in [0.1, 0.15) is 13.3 Å². The van der Waals surface area contributed by atoms with E-state index in [0.717, 1.165) is 5.75 Å². The first-order valence-corrected chi connectivity index (χ1v) is 6.91. The molecule has 1 fully saturated rings. The number of benzene rings is 1. The van der Waals surface area contributed by atoms with Crippen molar-refractivity contribution in [1.82, 2.24) is 5.32 Å². The molecule has 0 bridgehead atoms. The highest BCUT2D eigenvalue weighted by Crippen LogP contribution is 2.19. The Balaban J connectivity index is 1.81. The Morgan fingerprint density at radius 2 is 2.10 bits per heavy atom. The zero-order valence-corrected chi connectivity index (χ0v) is 12.3. The van der Waals surface area contributed by atoms with Gasteiger partial charge in [0, 0.05) is 19.6 Å². The van der Waals surface area contributed by atoms with Crippen LogP contribution in [0.25, 0.3) is 0 Å². The van der Waals surface area contributed by atoms with Crippen LogP contribution in [0, 0.1) is 0 Å². The highest BCUT2D eigenvalue weighted by atomic mass is 16.5. The van der Waals surface area contributed by atoms with Crippen molar-refractivity contribution in [3.05, 3.63) is 24.3 Å². The second-order valence-corrected chi connectivity index (χ2v) is 5.18. The number of amides is 1. The molecule has 0 aromatic heterocycles. The summed E-state index contributed by atoms with van der Waals surface area (Å²) in [5.74, 6) is 1.04. The van der Waals surface area contributed by atoms with E-state index in [9.17, 15) is 9.90 Å². The summed E-state index contributed by atoms with van der Waals surface area (Å²) in [5.41, 5.74) is -0.963. The van der Waals surface area contributed by atoms with Crippen LogP contribution in [-0.2, 0) is 9.53 Å². The van der Waals surface area contributed by atoms with Gasteiger partial charge in [-0.05, 0) is 31.2 Å². The van der Waals surface area contributed by atoms with Crippen molar-refractivity contribution in [3.8, 4) is 11.5 Å². The van der Waals surface area contributed by atoms with Crippen molar-refractivity contribution in [2.45, 2.75) is 25.0 Å². The van der Waals surface area contributed by atoms with E-state index in [0.29, 0.717) is 18.8 Å². The number of carbonyl (C=O) groups excluding carboxylic acids is 1. The molecule has 0 spiro atoms. The molecule has 21 heavy (non-hydrogen) atoms. The van der Waals surface area contributed by atoms with Gasteiger partial charge in [0.25, 0.3) is 5.91 Å². The van der Waals surface area contributed by atoms with Crippen molar-refractivity contribution >= 4 is 5.91 Å². The first kappa shape index (κ1) is 15.6. The Morgan fingerprint density at radius 1 is 1.43 bits per heavy atom. The van der Waals surface area contributed by atoms with Gasteiger partial charge >= 0.3 is 0 Å². The minimum atomic E-state index is -0.963. The molecule has 6 nitrogen and oxygen atoms in total. The molecule has 0 radical (unpaired) electrons. The number of carbonyl (C=O) groups is 1. The number of rotatable bonds is 6. The zero-order chi connectivity index (χ0) is 15.3. The molecule has 0 aliphatic carbocycles. The maximum Gasteiger partial charge on any atom is 0.260 e. The van der Waals surface area contributed by atoms with E-state index in [-0.39, 0.29) is 19.1 Å². The van der Waals surface area contributed by atoms with Crippen LogP contribution in [0.5, 0.6) is 11.5 Å². The molecular formula is C15H21NO5. The second kappa shape index (κ2) is 6.78. The normalized spacial score (nSPS) is 22.6. The summed E-state index contributed by atoms with van der Waals surface area (Å²) in [6.07, 6.45) is -0.120. The van der Waals surface area contributed by atoms with Gasteiger partial charge in [-0.25, -0.2) is 0 Å². The van der Waals surface area contributed by atoms with E-state index >= 15 is 0 Å². The molecule has 2 unspecified atom stereocenters. The molecule has 0 saturated carbocycles. The van der Waals surface area contributed by atoms with Gasteiger partial charge < -0.3 is 24.6 Å². The number of nitrogens with one attached hydrogen (secondary N) is 1. The summed E-state index contributed by atoms with van der Waals surface area (Å²) in [7, 11) is 1.59. The number of ether oxygens (including phenoxy) is 3. The maximum atomic E-state index is 12.0. The average Bonchev–Trinajstić information content (AvgIpc) is 2.93. The van der Waals surface area contributed by atoms with Gasteiger partial charge in [0.2, 0.25) is 0 Å². The zero-order valence-electron chi connectivity index (χ0n) is 12.3. The molecule has 1 heterocycles. The Bertz CT molecular complexity index is 467. The molecule has 1 aliphatic rings. The Hall–Kier alpha value is -1.79. The standard InChI is InChI=1S/C15H21NO5/c1-11(21-13-5-3-12(19-2)4-6-13)14(17)16-9-15(18)7-8-20-10-15/h3-6,11,18H,7-10H2,1-2H3,(H,16,17). The molecule has 1 aromatic rings. The lowest BCUT2D eigenvalue weighted by Crippen LogP contribution is -2.46. The minimum Gasteiger partial charge on any atom is -0.497 e. The summed E-state index contributed by atoms with van der Waals surface area (Å²) in [5, 5.41) is 12.8. The van der Waals surface area contributed by atoms with Gasteiger partial charge in [-0.15, -0.1) is 0 Å². The fourth-order valence-corrected chi connectivity index (χ4v) is 2.04. The Kier molecular flexibility index (Phi) is 5.03. The van der Waals surface area contributed by atoms with Gasteiger partial charge in [0.05, 0.1) is 13.7 Å². The first-order chi connectivity index (χ1) is 10.0. The third kappa shape index (κ3) is 4.34. The summed E-state index contributed by atoms with van der Waals surface area (Å²) in [6, 6.07) is 7.00. The summed E-state index contributed by atoms with van der Waals surface area (Å²) in [6.45, 7) is 2.60. The largest absolute Gasteiger partial charge is 0.497 e. The van der Waals surface area contributed by atoms with Crippen LogP contribution < -0.4 is 14.8 Å². The highest BCUT2D eigenvalue weighted by Gasteiger charge is 2.33. The van der Waals surface area contributed by atoms with Gasteiger partial charge in [-0.1, -0.05) is 0 Å². The van der Waals surface area contributed by atoms with E-state index < -0.39 is 11.7 Å². The number of hydrogen-bond acceptors (Lipinski definition) is 5. The van der Waals surface area contributed by atoms with Crippen LogP contribution in [0.3, 0.4) is 0 Å². The van der Waals surface area contributed by atoms with Crippen LogP contribution >= 0.6 is 0 Å². The van der Waals surface area contributed by atoms with Gasteiger partial charge in [0.1, 0.15) is 17.1 Å². The molecule has 2 N–H and O–H groups in total. The summed E-state index contributed by atoms with van der Waals surface area (Å²) < 4.78 is 15.7. The Morgan fingerprint density at radius 3 is 2.67 bits per heavy atom. The lowest BCUT2D eigenvalue weighted by atomic mass is 10.0. The van der Waals surface area contributed by atoms with Gasteiger partial charge in [-0.3, -0.25) is 4.79 Å². The predicted octanol–water partition coefficient (Wildman–Crippen LogP) is 0.730. The number of methoxy groups -OCH3 is 1. The van der Waals surface area contributed by atoms with Crippen LogP contribution in [0.15, 0.2) is 24.3 Å². The molecule has 1 aromatic carbocycles. The number of aliphatic hydroxyl groups is 1. The van der Waals surface area contributed by atoms with Crippen LogP contribution in [0.2, 0.25) is 0 Å². The van der Waals surface area contributed by atoms with E-state index in [1.165, 1.54) is 0 Å². The lowest BCUT2D eigenvalue weighted by molar-refractivity contribution is -0.128. The third-order valence-corrected chi connectivity index (χ3v) is 3.42. The van der Waals surface area contributed by atoms with Crippen molar-refractivity contribution in [2.24, 2.45) is 0 Å². The van der Waals surface area contributed by atoms with Crippen LogP contribution in [-0.4, -0.2) is 49.6 Å². The van der Waals surface area contributed by atoms with Crippen molar-refractivity contribution in [3.63, 3.8) is 0 Å². The minimum absolute atomic E-state index is 0.169. The van der Waals surface area contributed by atoms with Crippen molar-refractivity contribution in [2.75, 3.05) is 26.9 Å². The van der Waals surface area contributed by atoms with Crippen molar-refractivity contribution in [1.29, 1.82) is 0 Å². The maximum absolute atomic E-state index is 12.0. The average molecular weight is 295 g/mol. The lowest BCUT2D eigenvalue weighted by Gasteiger charge is -2.22. The fourth-order valence-electron chi connectivity index (χ4n) is 2.04. The van der Waals surface area contributed by atoms with Crippen LogP contribution in [0.4, 0.5) is 0 Å². The quantitative estimate of drug-likeness (QED) is 0.809. The fraction of sp³-hybridized carbons (Fsp3) is 0.533. The first-order valence-electron chi connectivity index (χ1n) is 6.91. The van der Waals surface area contributed by atoms with Gasteiger partial charge in [-0.2, -0.15) is 0 Å². The molecule has 116 valence electrons. The van der Waals surface area contributed by atoms with E-state index in [4.69, 9.17) is 14.2 Å². The summed E-state index contributed by atoms with van der Waals surface area (Å²) in [4.78, 5) is 12.0. The van der Waals surface area contributed by atoms with E-state index in [1.54, 1.807) is 38.3 Å². The monoisotopic (exact) mass is 295 g/mol. The highest BCUT2D eigenvalue weighted by molar-refractivity contribution is 5.80.